The van der Waals surface area contributed by atoms with Crippen molar-refractivity contribution in [2.75, 3.05) is 0 Å². The molecule has 2 nitrogen and oxygen atoms in total. The van der Waals surface area contributed by atoms with Gasteiger partial charge in [-0.3, -0.25) is 0 Å². The summed E-state index contributed by atoms with van der Waals surface area (Å²) in [4.78, 5) is 0. The van der Waals surface area contributed by atoms with Crippen LogP contribution in [0.5, 0.6) is 17.2 Å². The van der Waals surface area contributed by atoms with Gasteiger partial charge in [-0.1, -0.05) is 49.4 Å². The van der Waals surface area contributed by atoms with Crippen molar-refractivity contribution >= 4 is 0 Å². The van der Waals surface area contributed by atoms with Gasteiger partial charge in [-0.25, -0.2) is 0 Å². The van der Waals surface area contributed by atoms with Gasteiger partial charge in [-0.05, 0) is 104 Å². The molecule has 164 valence electrons. The van der Waals surface area contributed by atoms with Gasteiger partial charge in [-0.2, -0.15) is 0 Å². The first-order chi connectivity index (χ1) is 15.7. The second kappa shape index (κ2) is 7.99. The molecule has 0 spiro atoms. The fraction of sp³-hybridized carbons (Fsp3) is 0.400. The Morgan fingerprint density at radius 1 is 0.750 bits per heavy atom. The smallest absolute Gasteiger partial charge is 0.127 e. The number of ether oxygens (including phenoxy) is 2. The molecule has 0 bridgehead atoms. The van der Waals surface area contributed by atoms with Crippen molar-refractivity contribution in [2.24, 2.45) is 17.3 Å². The maximum atomic E-state index is 6.55. The van der Waals surface area contributed by atoms with Gasteiger partial charge >= 0.3 is 0 Å². The number of hydrogen-bond donors (Lipinski definition) is 0. The molecule has 0 amide bonds. The zero-order chi connectivity index (χ0) is 21.5. The predicted molar refractivity (Wildman–Crippen MR) is 128 cm³/mol. The molecule has 3 aromatic carbocycles. The van der Waals surface area contributed by atoms with Gasteiger partial charge < -0.3 is 9.47 Å². The first-order valence-corrected chi connectivity index (χ1v) is 12.3. The van der Waals surface area contributed by atoms with E-state index in [1.54, 1.807) is 5.56 Å². The third kappa shape index (κ3) is 3.41. The highest BCUT2D eigenvalue weighted by Crippen LogP contribution is 2.61. The highest BCUT2D eigenvalue weighted by Gasteiger charge is 2.55. The van der Waals surface area contributed by atoms with Crippen LogP contribution in [-0.4, -0.2) is 6.10 Å². The molecule has 2 saturated carbocycles. The van der Waals surface area contributed by atoms with E-state index < -0.39 is 0 Å². The zero-order valence-electron chi connectivity index (χ0n) is 18.9. The summed E-state index contributed by atoms with van der Waals surface area (Å²) in [5.74, 6) is 5.14. The second-order valence-corrected chi connectivity index (χ2v) is 10.2. The zero-order valence-corrected chi connectivity index (χ0v) is 18.9. The molecule has 2 fully saturated rings. The number of rotatable bonds is 4. The molecule has 5 atom stereocenters. The van der Waals surface area contributed by atoms with E-state index in [2.05, 4.69) is 55.5 Å². The summed E-state index contributed by atoms with van der Waals surface area (Å²) in [7, 11) is 0. The summed E-state index contributed by atoms with van der Waals surface area (Å²) in [5.41, 5.74) is 3.37. The fourth-order valence-electron chi connectivity index (χ4n) is 7.06. The van der Waals surface area contributed by atoms with Gasteiger partial charge in [0.15, 0.2) is 0 Å². The lowest BCUT2D eigenvalue weighted by Gasteiger charge is -2.50. The van der Waals surface area contributed by atoms with Crippen LogP contribution in [0.3, 0.4) is 0 Å². The molecule has 0 saturated heterocycles. The summed E-state index contributed by atoms with van der Waals surface area (Å²) in [6.45, 7) is 2.51. The average molecular weight is 425 g/mol. The standard InChI is InChI=1S/C30H32O2/c1-30-19-18-26-25-15-13-24(31-22-8-4-2-5-9-22)20-21(25)12-14-27(26)28(30)16-17-29(30)32-23-10-6-3-7-11-23/h2-11,13,15,20,26-29H,12,14,16-19H2,1H3/t26-,27-,28+,29+,30+/m1/s1. The molecule has 3 aliphatic carbocycles. The van der Waals surface area contributed by atoms with Gasteiger partial charge in [0.1, 0.15) is 23.4 Å². The van der Waals surface area contributed by atoms with Crippen LogP contribution in [0.1, 0.15) is 56.1 Å². The lowest BCUT2D eigenvalue weighted by atomic mass is 9.55. The van der Waals surface area contributed by atoms with Crippen LogP contribution in [0, 0.1) is 17.3 Å². The maximum Gasteiger partial charge on any atom is 0.127 e. The van der Waals surface area contributed by atoms with Crippen molar-refractivity contribution < 1.29 is 9.47 Å². The topological polar surface area (TPSA) is 18.5 Å². The van der Waals surface area contributed by atoms with Crippen LogP contribution in [-0.2, 0) is 6.42 Å². The Hall–Kier alpha value is -2.74. The molecule has 0 N–H and O–H groups in total. The van der Waals surface area contributed by atoms with E-state index in [0.29, 0.717) is 17.4 Å². The molecule has 0 heterocycles. The van der Waals surface area contributed by atoms with E-state index >= 15 is 0 Å². The Bertz CT molecular complexity index is 1080. The van der Waals surface area contributed by atoms with Crippen molar-refractivity contribution in [3.8, 4) is 17.2 Å². The van der Waals surface area contributed by atoms with Crippen LogP contribution < -0.4 is 9.47 Å². The lowest BCUT2D eigenvalue weighted by Crippen LogP contribution is -2.45. The lowest BCUT2D eigenvalue weighted by molar-refractivity contribution is -0.0107. The first kappa shape index (κ1) is 19.9. The minimum absolute atomic E-state index is 0.297. The molecule has 0 aliphatic heterocycles. The minimum atomic E-state index is 0.297. The molecule has 2 heteroatoms. The highest BCUT2D eigenvalue weighted by atomic mass is 16.5. The van der Waals surface area contributed by atoms with Crippen LogP contribution in [0.15, 0.2) is 78.9 Å². The van der Waals surface area contributed by atoms with E-state index in [4.69, 9.17) is 9.47 Å². The van der Waals surface area contributed by atoms with Gasteiger partial charge in [-0.15, -0.1) is 0 Å². The molecular weight excluding hydrogens is 392 g/mol. The van der Waals surface area contributed by atoms with Gasteiger partial charge in [0, 0.05) is 5.41 Å². The van der Waals surface area contributed by atoms with Crippen LogP contribution >= 0.6 is 0 Å². The third-order valence-electron chi connectivity index (χ3n) is 8.61. The Morgan fingerprint density at radius 2 is 1.50 bits per heavy atom. The van der Waals surface area contributed by atoms with Crippen molar-refractivity contribution in [1.82, 2.24) is 0 Å². The predicted octanol–water partition coefficient (Wildman–Crippen LogP) is 7.78. The monoisotopic (exact) mass is 424 g/mol. The van der Waals surface area contributed by atoms with Gasteiger partial charge in [0.05, 0.1) is 0 Å². The summed E-state index contributed by atoms with van der Waals surface area (Å²) in [6.07, 6.45) is 7.84. The SMILES string of the molecule is C[C@]12CC[C@@H]3c4ccc(Oc5ccccc5)cc4CC[C@H]3[C@@H]1CC[C@@H]2Oc1ccccc1. The Labute approximate surface area is 191 Å². The van der Waals surface area contributed by atoms with E-state index in [1.165, 1.54) is 44.1 Å². The molecular formula is C30H32O2. The third-order valence-corrected chi connectivity index (χ3v) is 8.61. The van der Waals surface area contributed by atoms with Crippen molar-refractivity contribution in [3.63, 3.8) is 0 Å². The quantitative estimate of drug-likeness (QED) is 0.426. The molecule has 3 aliphatic rings. The summed E-state index contributed by atoms with van der Waals surface area (Å²) in [5, 5.41) is 0. The number of benzene rings is 3. The van der Waals surface area contributed by atoms with Crippen molar-refractivity contribution in [3.05, 3.63) is 90.0 Å². The summed E-state index contributed by atoms with van der Waals surface area (Å²) >= 11 is 0. The summed E-state index contributed by atoms with van der Waals surface area (Å²) < 4.78 is 12.7. The molecule has 3 aromatic rings. The maximum absolute atomic E-state index is 6.55. The second-order valence-electron chi connectivity index (χ2n) is 10.2. The Morgan fingerprint density at radius 3 is 2.28 bits per heavy atom. The largest absolute Gasteiger partial charge is 0.490 e. The molecule has 0 aromatic heterocycles. The molecule has 6 rings (SSSR count). The Kier molecular flexibility index (Phi) is 4.97. The number of para-hydroxylation sites is 2. The van der Waals surface area contributed by atoms with Crippen LogP contribution in [0.4, 0.5) is 0 Å². The van der Waals surface area contributed by atoms with Crippen LogP contribution in [0.2, 0.25) is 0 Å². The fourth-order valence-corrected chi connectivity index (χ4v) is 7.06. The van der Waals surface area contributed by atoms with Crippen LogP contribution in [0.25, 0.3) is 0 Å². The molecule has 32 heavy (non-hydrogen) atoms. The summed E-state index contributed by atoms with van der Waals surface area (Å²) in [6, 6.07) is 27.4. The van der Waals surface area contributed by atoms with E-state index in [0.717, 1.165) is 29.1 Å². The Balaban J connectivity index is 1.21. The van der Waals surface area contributed by atoms with E-state index in [1.807, 2.05) is 30.3 Å². The average Bonchev–Trinajstić information content (AvgIpc) is 3.16. The minimum Gasteiger partial charge on any atom is -0.490 e. The first-order valence-electron chi connectivity index (χ1n) is 12.3. The van der Waals surface area contributed by atoms with Gasteiger partial charge in [0.25, 0.3) is 0 Å². The normalized spacial score (nSPS) is 30.7. The van der Waals surface area contributed by atoms with Crippen molar-refractivity contribution in [1.29, 1.82) is 0 Å². The number of hydrogen-bond acceptors (Lipinski definition) is 2. The number of fused-ring (bicyclic) bond motifs is 5. The molecule has 0 radical (unpaired) electrons. The van der Waals surface area contributed by atoms with Crippen molar-refractivity contribution in [2.45, 2.75) is 57.5 Å². The van der Waals surface area contributed by atoms with E-state index in [-0.39, 0.29) is 0 Å². The molecule has 0 unspecified atom stereocenters. The number of aryl methyl sites for hydroxylation is 1. The highest BCUT2D eigenvalue weighted by molar-refractivity contribution is 5.42. The van der Waals surface area contributed by atoms with Gasteiger partial charge in [0.2, 0.25) is 0 Å². The van der Waals surface area contributed by atoms with E-state index in [9.17, 15) is 0 Å².